The van der Waals surface area contributed by atoms with Gasteiger partial charge in [0, 0.05) is 39.3 Å². The Hall–Kier alpha value is -2.77. The zero-order valence-electron chi connectivity index (χ0n) is 15.8. The highest BCUT2D eigenvalue weighted by Crippen LogP contribution is 2.14. The number of hydrogen-bond acceptors (Lipinski definition) is 4. The Labute approximate surface area is 163 Å². The first-order valence-corrected chi connectivity index (χ1v) is 9.05. The Kier molecular flexibility index (Phi) is 8.10. The molecule has 1 aliphatic heterocycles. The summed E-state index contributed by atoms with van der Waals surface area (Å²) in [5.41, 5.74) is 3.99. The van der Waals surface area contributed by atoms with Crippen LogP contribution in [0, 0.1) is 12.7 Å². The predicted molar refractivity (Wildman–Crippen MR) is 103 cm³/mol. The molecule has 6 nitrogen and oxygen atoms in total. The highest BCUT2D eigenvalue weighted by Gasteiger charge is 2.17. The molecule has 1 aliphatic rings. The van der Waals surface area contributed by atoms with E-state index in [1.165, 1.54) is 16.7 Å². The second-order valence-corrected chi connectivity index (χ2v) is 6.72. The van der Waals surface area contributed by atoms with Crippen LogP contribution in [0.2, 0.25) is 0 Å². The molecule has 0 spiro atoms. The fourth-order valence-corrected chi connectivity index (χ4v) is 2.98. The number of carboxylic acids is 2. The van der Waals surface area contributed by atoms with Gasteiger partial charge in [0.2, 0.25) is 0 Å². The molecule has 0 bridgehead atoms. The predicted octanol–water partition coefficient (Wildman–Crippen LogP) is 2.61. The summed E-state index contributed by atoms with van der Waals surface area (Å²) in [6.45, 7) is 8.47. The lowest BCUT2D eigenvalue weighted by molar-refractivity contribution is -0.159. The van der Waals surface area contributed by atoms with E-state index in [9.17, 15) is 4.39 Å². The van der Waals surface area contributed by atoms with E-state index < -0.39 is 11.9 Å². The highest BCUT2D eigenvalue weighted by atomic mass is 19.1. The maximum atomic E-state index is 12.9. The van der Waals surface area contributed by atoms with Crippen molar-refractivity contribution in [3.05, 3.63) is 71.0 Å². The number of aliphatic carboxylic acids is 2. The molecule has 0 amide bonds. The first-order chi connectivity index (χ1) is 13.3. The van der Waals surface area contributed by atoms with Crippen LogP contribution in [0.4, 0.5) is 4.39 Å². The largest absolute Gasteiger partial charge is 0.473 e. The van der Waals surface area contributed by atoms with E-state index in [0.29, 0.717) is 0 Å². The van der Waals surface area contributed by atoms with Crippen LogP contribution in [-0.2, 0) is 22.7 Å². The van der Waals surface area contributed by atoms with Crippen molar-refractivity contribution in [2.75, 3.05) is 26.2 Å². The monoisotopic (exact) mass is 388 g/mol. The quantitative estimate of drug-likeness (QED) is 0.784. The van der Waals surface area contributed by atoms with Gasteiger partial charge in [0.05, 0.1) is 0 Å². The lowest BCUT2D eigenvalue weighted by Crippen LogP contribution is -2.45. The number of benzene rings is 2. The molecule has 0 saturated carbocycles. The number of rotatable bonds is 4. The lowest BCUT2D eigenvalue weighted by atomic mass is 10.1. The number of halogens is 1. The standard InChI is InChI=1S/C19H23FN2.C2H2O4/c1-16-4-2-3-5-18(16)15-22-12-10-21(11-13-22)14-17-6-8-19(20)9-7-17;3-1(4)2(5)6/h2-9H,10-15H2,1H3;(H,3,4)(H,5,6). The summed E-state index contributed by atoms with van der Waals surface area (Å²) >= 11 is 0. The molecular formula is C21H25FN2O4. The maximum absolute atomic E-state index is 12.9. The molecule has 0 unspecified atom stereocenters. The number of aryl methyl sites for hydroxylation is 1. The first-order valence-electron chi connectivity index (χ1n) is 9.05. The van der Waals surface area contributed by atoms with Gasteiger partial charge in [-0.05, 0) is 35.7 Å². The normalized spacial score (nSPS) is 14.8. The van der Waals surface area contributed by atoms with Gasteiger partial charge in [0.25, 0.3) is 0 Å². The molecule has 2 N–H and O–H groups in total. The van der Waals surface area contributed by atoms with Crippen LogP contribution in [0.1, 0.15) is 16.7 Å². The zero-order valence-corrected chi connectivity index (χ0v) is 15.8. The van der Waals surface area contributed by atoms with E-state index in [1.54, 1.807) is 12.1 Å². The molecule has 0 radical (unpaired) electrons. The molecule has 0 atom stereocenters. The van der Waals surface area contributed by atoms with Crippen LogP contribution in [0.15, 0.2) is 48.5 Å². The van der Waals surface area contributed by atoms with Gasteiger partial charge < -0.3 is 10.2 Å². The fraction of sp³-hybridized carbons (Fsp3) is 0.333. The topological polar surface area (TPSA) is 81.1 Å². The molecule has 150 valence electrons. The average molecular weight is 388 g/mol. The molecule has 28 heavy (non-hydrogen) atoms. The van der Waals surface area contributed by atoms with E-state index in [4.69, 9.17) is 19.8 Å². The summed E-state index contributed by atoms with van der Waals surface area (Å²) < 4.78 is 12.9. The molecular weight excluding hydrogens is 363 g/mol. The van der Waals surface area contributed by atoms with Gasteiger partial charge in [0.15, 0.2) is 0 Å². The van der Waals surface area contributed by atoms with E-state index in [1.807, 2.05) is 12.1 Å². The van der Waals surface area contributed by atoms with Crippen LogP contribution in [0.25, 0.3) is 0 Å². The average Bonchev–Trinajstić information content (AvgIpc) is 2.67. The second-order valence-electron chi connectivity index (χ2n) is 6.72. The second kappa shape index (κ2) is 10.5. The number of piperazine rings is 1. The van der Waals surface area contributed by atoms with Crippen LogP contribution in [-0.4, -0.2) is 58.1 Å². The van der Waals surface area contributed by atoms with E-state index >= 15 is 0 Å². The van der Waals surface area contributed by atoms with E-state index in [0.717, 1.165) is 39.3 Å². The lowest BCUT2D eigenvalue weighted by Gasteiger charge is -2.35. The molecule has 0 aromatic heterocycles. The molecule has 1 fully saturated rings. The smallest absolute Gasteiger partial charge is 0.414 e. The van der Waals surface area contributed by atoms with E-state index in [2.05, 4.69) is 41.0 Å². The number of carbonyl (C=O) groups is 2. The Morgan fingerprint density at radius 1 is 0.857 bits per heavy atom. The minimum absolute atomic E-state index is 0.160. The van der Waals surface area contributed by atoms with Crippen molar-refractivity contribution in [1.29, 1.82) is 0 Å². The van der Waals surface area contributed by atoms with Gasteiger partial charge in [-0.3, -0.25) is 9.80 Å². The Bertz CT molecular complexity index is 775. The molecule has 3 rings (SSSR count). The minimum atomic E-state index is -1.82. The van der Waals surface area contributed by atoms with Crippen LogP contribution < -0.4 is 0 Å². The Balaban J connectivity index is 0.000000409. The van der Waals surface area contributed by atoms with Gasteiger partial charge in [-0.1, -0.05) is 36.4 Å². The fourth-order valence-electron chi connectivity index (χ4n) is 2.98. The zero-order chi connectivity index (χ0) is 20.5. The summed E-state index contributed by atoms with van der Waals surface area (Å²) in [6.07, 6.45) is 0. The summed E-state index contributed by atoms with van der Waals surface area (Å²) in [5.74, 6) is -3.81. The van der Waals surface area contributed by atoms with Gasteiger partial charge in [0.1, 0.15) is 5.82 Å². The van der Waals surface area contributed by atoms with Gasteiger partial charge in [-0.2, -0.15) is 0 Å². The van der Waals surface area contributed by atoms with Crippen molar-refractivity contribution >= 4 is 11.9 Å². The van der Waals surface area contributed by atoms with Crippen molar-refractivity contribution in [3.8, 4) is 0 Å². The molecule has 7 heteroatoms. The van der Waals surface area contributed by atoms with Crippen molar-refractivity contribution in [1.82, 2.24) is 9.80 Å². The summed E-state index contributed by atoms with van der Waals surface area (Å²) in [5, 5.41) is 14.8. The van der Waals surface area contributed by atoms with Crippen molar-refractivity contribution in [2.45, 2.75) is 20.0 Å². The number of carboxylic acid groups (broad SMARTS) is 2. The summed E-state index contributed by atoms with van der Waals surface area (Å²) in [4.78, 5) is 23.2. The molecule has 2 aromatic carbocycles. The molecule has 2 aromatic rings. The third-order valence-electron chi connectivity index (χ3n) is 4.62. The van der Waals surface area contributed by atoms with Gasteiger partial charge in [-0.25, -0.2) is 14.0 Å². The molecule has 0 aliphatic carbocycles. The Morgan fingerprint density at radius 2 is 1.36 bits per heavy atom. The third kappa shape index (κ3) is 7.09. The highest BCUT2D eigenvalue weighted by molar-refractivity contribution is 6.27. The molecule has 1 heterocycles. The summed E-state index contributed by atoms with van der Waals surface area (Å²) in [6, 6.07) is 15.5. The minimum Gasteiger partial charge on any atom is -0.473 e. The third-order valence-corrected chi connectivity index (χ3v) is 4.62. The first kappa shape index (κ1) is 21.5. The van der Waals surface area contributed by atoms with Crippen molar-refractivity contribution < 1.29 is 24.2 Å². The van der Waals surface area contributed by atoms with Crippen LogP contribution in [0.5, 0.6) is 0 Å². The maximum Gasteiger partial charge on any atom is 0.414 e. The Morgan fingerprint density at radius 3 is 1.86 bits per heavy atom. The van der Waals surface area contributed by atoms with Crippen LogP contribution >= 0.6 is 0 Å². The van der Waals surface area contributed by atoms with Crippen molar-refractivity contribution in [2.24, 2.45) is 0 Å². The number of hydrogen-bond donors (Lipinski definition) is 2. The molecule has 1 saturated heterocycles. The van der Waals surface area contributed by atoms with Gasteiger partial charge >= 0.3 is 11.9 Å². The SMILES string of the molecule is Cc1ccccc1CN1CCN(Cc2ccc(F)cc2)CC1.O=C(O)C(=O)O. The van der Waals surface area contributed by atoms with Crippen LogP contribution in [0.3, 0.4) is 0 Å². The van der Waals surface area contributed by atoms with Crippen molar-refractivity contribution in [3.63, 3.8) is 0 Å². The number of nitrogens with zero attached hydrogens (tertiary/aromatic N) is 2. The van der Waals surface area contributed by atoms with E-state index in [-0.39, 0.29) is 5.82 Å². The summed E-state index contributed by atoms with van der Waals surface area (Å²) in [7, 11) is 0. The van der Waals surface area contributed by atoms with Gasteiger partial charge in [-0.15, -0.1) is 0 Å².